The summed E-state index contributed by atoms with van der Waals surface area (Å²) in [5.41, 5.74) is 2.82. The predicted octanol–water partition coefficient (Wildman–Crippen LogP) is 2.29. The molecule has 8 nitrogen and oxygen atoms in total. The van der Waals surface area contributed by atoms with Crippen molar-refractivity contribution >= 4 is 11.7 Å². The molecule has 5 rings (SSSR count). The number of hydrogen-bond acceptors (Lipinski definition) is 6. The number of halogens is 1. The van der Waals surface area contributed by atoms with E-state index in [0.717, 1.165) is 23.9 Å². The molecule has 0 aliphatic carbocycles. The van der Waals surface area contributed by atoms with Crippen LogP contribution in [0.25, 0.3) is 5.69 Å². The van der Waals surface area contributed by atoms with Gasteiger partial charge in [-0.2, -0.15) is 15.0 Å². The zero-order valence-corrected chi connectivity index (χ0v) is 16.7. The van der Waals surface area contributed by atoms with E-state index in [4.69, 9.17) is 0 Å². The minimum atomic E-state index is -0.464. The third-order valence-corrected chi connectivity index (χ3v) is 5.43. The summed E-state index contributed by atoms with van der Waals surface area (Å²) in [6.45, 7) is 5.67. The Labute approximate surface area is 172 Å². The van der Waals surface area contributed by atoms with Crippen LogP contribution in [0.3, 0.4) is 0 Å². The van der Waals surface area contributed by atoms with E-state index in [1.165, 1.54) is 41.0 Å². The summed E-state index contributed by atoms with van der Waals surface area (Å²) in [6, 6.07) is 6.05. The van der Waals surface area contributed by atoms with Gasteiger partial charge in [0.15, 0.2) is 0 Å². The Morgan fingerprint density at radius 1 is 1.10 bits per heavy atom. The van der Waals surface area contributed by atoms with Gasteiger partial charge in [-0.3, -0.25) is 4.79 Å². The summed E-state index contributed by atoms with van der Waals surface area (Å²) in [4.78, 5) is 27.3. The van der Waals surface area contributed by atoms with E-state index < -0.39 is 5.82 Å². The molecule has 0 N–H and O–H groups in total. The van der Waals surface area contributed by atoms with Crippen molar-refractivity contribution in [1.29, 1.82) is 0 Å². The second-order valence-corrected chi connectivity index (χ2v) is 7.63. The van der Waals surface area contributed by atoms with Crippen LogP contribution in [0.15, 0.2) is 48.4 Å². The van der Waals surface area contributed by atoms with Gasteiger partial charge in [0, 0.05) is 43.5 Å². The summed E-state index contributed by atoms with van der Waals surface area (Å²) in [5.74, 6) is 1.15. The van der Waals surface area contributed by atoms with Crippen LogP contribution in [-0.4, -0.2) is 55.4 Å². The Hall–Kier alpha value is -3.62. The number of carbonyl (C=O) groups excluding carboxylic acids is 1. The van der Waals surface area contributed by atoms with Crippen LogP contribution < -0.4 is 4.90 Å². The average molecular weight is 405 g/mol. The number of nitrogens with zero attached hydrogens (tertiary/aromatic N) is 7. The van der Waals surface area contributed by atoms with Gasteiger partial charge >= 0.3 is 0 Å². The molecule has 0 spiro atoms. The lowest BCUT2D eigenvalue weighted by Crippen LogP contribution is -2.32. The number of anilines is 1. The maximum atomic E-state index is 13.9. The van der Waals surface area contributed by atoms with Gasteiger partial charge in [-0.15, -0.1) is 0 Å². The Balaban J connectivity index is 1.39. The minimum absolute atomic E-state index is 0.225. The number of aryl methyl sites for hydroxylation is 2. The van der Waals surface area contributed by atoms with Gasteiger partial charge in [-0.1, -0.05) is 0 Å². The van der Waals surface area contributed by atoms with Crippen LogP contribution in [0.4, 0.5) is 10.2 Å². The van der Waals surface area contributed by atoms with E-state index in [-0.39, 0.29) is 17.4 Å². The average Bonchev–Trinajstić information content (AvgIpc) is 3.43. The third kappa shape index (κ3) is 3.22. The van der Waals surface area contributed by atoms with E-state index in [1.807, 2.05) is 19.9 Å². The molecule has 30 heavy (non-hydrogen) atoms. The molecule has 1 aromatic carbocycles. The van der Waals surface area contributed by atoms with Crippen LogP contribution in [-0.2, 0) is 0 Å². The molecule has 9 heteroatoms. The normalized spacial score (nSPS) is 18.0. The van der Waals surface area contributed by atoms with Crippen molar-refractivity contribution in [2.24, 2.45) is 5.92 Å². The first-order valence-electron chi connectivity index (χ1n) is 9.73. The molecule has 152 valence electrons. The largest absolute Gasteiger partial charge is 0.334 e. The highest BCUT2D eigenvalue weighted by atomic mass is 19.1. The molecule has 0 radical (unpaired) electrons. The van der Waals surface area contributed by atoms with Crippen LogP contribution in [0.2, 0.25) is 0 Å². The molecule has 2 aliphatic heterocycles. The number of benzene rings is 1. The molecule has 1 amide bonds. The van der Waals surface area contributed by atoms with Gasteiger partial charge in [0.2, 0.25) is 0 Å². The van der Waals surface area contributed by atoms with Crippen LogP contribution in [0.1, 0.15) is 21.9 Å². The molecule has 2 aliphatic rings. The number of likely N-dealkylation sites (tertiary alicyclic amines) is 1. The van der Waals surface area contributed by atoms with Crippen molar-refractivity contribution < 1.29 is 9.18 Å². The smallest absolute Gasteiger partial charge is 0.256 e. The lowest BCUT2D eigenvalue weighted by Gasteiger charge is -2.21. The number of amides is 1. The summed E-state index contributed by atoms with van der Waals surface area (Å²) in [6.07, 6.45) is 5.11. The second-order valence-electron chi connectivity index (χ2n) is 7.63. The minimum Gasteiger partial charge on any atom is -0.334 e. The number of fused-ring (bicyclic) bond motifs is 1. The molecule has 0 saturated carbocycles. The fourth-order valence-electron chi connectivity index (χ4n) is 4.13. The molecule has 1 unspecified atom stereocenters. The molecule has 3 aromatic rings. The molecule has 1 atom stereocenters. The monoisotopic (exact) mass is 405 g/mol. The van der Waals surface area contributed by atoms with Crippen molar-refractivity contribution in [3.8, 4) is 5.69 Å². The number of aromatic nitrogens is 5. The van der Waals surface area contributed by atoms with Crippen molar-refractivity contribution in [2.45, 2.75) is 13.8 Å². The first kappa shape index (κ1) is 18.4. The fourth-order valence-corrected chi connectivity index (χ4v) is 4.13. The standard InChI is InChI=1S/C21H20FN7O/c1-13-7-20(26-14(2)25-13)27-9-15-11-28(12-16(15)10-27)21(30)18-8-17(22)3-4-19(18)29-23-5-6-24-29/h3-9,16H,10-12H2,1-2H3. The molecule has 4 heterocycles. The van der Waals surface area contributed by atoms with E-state index in [9.17, 15) is 9.18 Å². The first-order chi connectivity index (χ1) is 14.5. The van der Waals surface area contributed by atoms with E-state index in [1.54, 1.807) is 4.90 Å². The highest BCUT2D eigenvalue weighted by Gasteiger charge is 2.37. The zero-order valence-electron chi connectivity index (χ0n) is 16.7. The number of carbonyl (C=O) groups is 1. The van der Waals surface area contributed by atoms with E-state index >= 15 is 0 Å². The first-order valence-corrected chi connectivity index (χ1v) is 9.73. The third-order valence-electron chi connectivity index (χ3n) is 5.43. The molecule has 2 aromatic heterocycles. The number of hydrogen-bond donors (Lipinski definition) is 0. The van der Waals surface area contributed by atoms with Gasteiger partial charge in [-0.05, 0) is 37.6 Å². The molecular formula is C21H20FN7O. The summed E-state index contributed by atoms with van der Waals surface area (Å²) >= 11 is 0. The molecule has 1 saturated heterocycles. The van der Waals surface area contributed by atoms with Crippen LogP contribution in [0.5, 0.6) is 0 Å². The fraction of sp³-hybridized carbons (Fsp3) is 0.286. The topological polar surface area (TPSA) is 80.0 Å². The van der Waals surface area contributed by atoms with Gasteiger partial charge in [-0.25, -0.2) is 14.4 Å². The second kappa shape index (κ2) is 7.01. The van der Waals surface area contributed by atoms with Crippen LogP contribution in [0, 0.1) is 25.6 Å². The molecule has 0 bridgehead atoms. The maximum absolute atomic E-state index is 13.9. The molecular weight excluding hydrogens is 385 g/mol. The van der Waals surface area contributed by atoms with Gasteiger partial charge in [0.25, 0.3) is 5.91 Å². The summed E-state index contributed by atoms with van der Waals surface area (Å²) in [7, 11) is 0. The van der Waals surface area contributed by atoms with E-state index in [0.29, 0.717) is 18.8 Å². The lowest BCUT2D eigenvalue weighted by atomic mass is 10.1. The quantitative estimate of drug-likeness (QED) is 0.665. The summed E-state index contributed by atoms with van der Waals surface area (Å²) < 4.78 is 13.9. The van der Waals surface area contributed by atoms with Gasteiger partial charge in [0.05, 0.1) is 23.6 Å². The molecule has 1 fully saturated rings. The zero-order chi connectivity index (χ0) is 20.8. The van der Waals surface area contributed by atoms with Crippen molar-refractivity contribution in [2.75, 3.05) is 24.5 Å². The van der Waals surface area contributed by atoms with E-state index in [2.05, 4.69) is 31.3 Å². The predicted molar refractivity (Wildman–Crippen MR) is 108 cm³/mol. The van der Waals surface area contributed by atoms with Gasteiger partial charge in [0.1, 0.15) is 17.5 Å². The van der Waals surface area contributed by atoms with Crippen molar-refractivity contribution in [3.63, 3.8) is 0 Å². The maximum Gasteiger partial charge on any atom is 0.256 e. The van der Waals surface area contributed by atoms with Crippen molar-refractivity contribution in [1.82, 2.24) is 29.9 Å². The Morgan fingerprint density at radius 2 is 1.90 bits per heavy atom. The van der Waals surface area contributed by atoms with Crippen LogP contribution >= 0.6 is 0 Å². The Bertz CT molecular complexity index is 1140. The van der Waals surface area contributed by atoms with Gasteiger partial charge < -0.3 is 9.80 Å². The Morgan fingerprint density at radius 3 is 2.63 bits per heavy atom. The SMILES string of the molecule is Cc1cc(N2C=C3CN(C(=O)c4cc(F)ccc4-n4nccn4)CC3C2)nc(C)n1. The highest BCUT2D eigenvalue weighted by molar-refractivity contribution is 5.98. The lowest BCUT2D eigenvalue weighted by molar-refractivity contribution is 0.0788. The van der Waals surface area contributed by atoms with Crippen molar-refractivity contribution in [3.05, 3.63) is 71.3 Å². The number of rotatable bonds is 3. The highest BCUT2D eigenvalue weighted by Crippen LogP contribution is 2.33. The Kier molecular flexibility index (Phi) is 4.30. The summed E-state index contributed by atoms with van der Waals surface area (Å²) in [5, 5.41) is 8.17.